The van der Waals surface area contributed by atoms with Crippen molar-refractivity contribution in [2.45, 2.75) is 26.2 Å². The molecule has 0 atom stereocenters. The maximum absolute atomic E-state index is 9.37. The van der Waals surface area contributed by atoms with Gasteiger partial charge in [0, 0.05) is 0 Å². The van der Waals surface area contributed by atoms with Crippen LogP contribution >= 0.6 is 20.5 Å². The molecule has 0 saturated heterocycles. The lowest BCUT2D eigenvalue weighted by molar-refractivity contribution is 0.577. The van der Waals surface area contributed by atoms with Gasteiger partial charge in [-0.05, 0) is 26.2 Å². The van der Waals surface area contributed by atoms with E-state index in [9.17, 15) is 9.59 Å². The molecule has 0 aromatic rings. The third kappa shape index (κ3) is 9.05. The molecule has 10 heavy (non-hydrogen) atoms. The number of hydrogen-bond acceptors (Lipinski definition) is 4. The van der Waals surface area contributed by atoms with Crippen LogP contribution in [-0.2, 0) is 0 Å². The van der Waals surface area contributed by atoms with E-state index in [0.717, 1.165) is 0 Å². The summed E-state index contributed by atoms with van der Waals surface area (Å²) in [7, 11) is -1.10. The van der Waals surface area contributed by atoms with Gasteiger partial charge in [0.2, 0.25) is 0 Å². The van der Waals surface area contributed by atoms with Crippen molar-refractivity contribution < 1.29 is 9.59 Å². The molecule has 2 nitrogen and oxygen atoms in total. The molecular formula is C4H14O2S2Si2. The van der Waals surface area contributed by atoms with Crippen LogP contribution in [0, 0.1) is 0 Å². The van der Waals surface area contributed by atoms with E-state index >= 15 is 0 Å². The lowest BCUT2D eigenvalue weighted by Crippen LogP contribution is -2.24. The second kappa shape index (κ2) is 3.64. The van der Waals surface area contributed by atoms with Crippen LogP contribution in [0.3, 0.4) is 0 Å². The summed E-state index contributed by atoms with van der Waals surface area (Å²) in [6, 6.07) is 0. The predicted octanol–water partition coefficient (Wildman–Crippen LogP) is 1.76. The molecular weight excluding hydrogens is 200 g/mol. The fourth-order valence-electron chi connectivity index (χ4n) is 0.204. The van der Waals surface area contributed by atoms with E-state index in [-0.39, 0.29) is 0 Å². The smallest absolute Gasteiger partial charge is 0.255 e. The van der Waals surface area contributed by atoms with E-state index in [1.807, 2.05) is 26.2 Å². The van der Waals surface area contributed by atoms with Crippen molar-refractivity contribution in [2.24, 2.45) is 0 Å². The van der Waals surface area contributed by atoms with Crippen molar-refractivity contribution in [1.29, 1.82) is 0 Å². The molecule has 0 aliphatic heterocycles. The van der Waals surface area contributed by atoms with Crippen molar-refractivity contribution >= 4 is 35.4 Å². The lowest BCUT2D eigenvalue weighted by atomic mass is 11.9. The maximum Gasteiger partial charge on any atom is 0.255 e. The SMILES string of the molecule is C[Si](C)(O)SS[Si](C)(C)O. The average molecular weight is 214 g/mol. The van der Waals surface area contributed by atoms with Crippen molar-refractivity contribution in [3.05, 3.63) is 0 Å². The molecule has 0 unspecified atom stereocenters. The lowest BCUT2D eigenvalue weighted by Gasteiger charge is -2.17. The zero-order valence-corrected chi connectivity index (χ0v) is 10.3. The zero-order valence-electron chi connectivity index (χ0n) is 6.71. The highest BCUT2D eigenvalue weighted by Crippen LogP contribution is 2.36. The Morgan fingerprint density at radius 1 is 0.800 bits per heavy atom. The molecule has 6 heteroatoms. The Morgan fingerprint density at radius 3 is 1.10 bits per heavy atom. The summed E-state index contributed by atoms with van der Waals surface area (Å²) in [5.41, 5.74) is 0. The van der Waals surface area contributed by atoms with E-state index in [1.54, 1.807) is 0 Å². The van der Waals surface area contributed by atoms with Gasteiger partial charge in [0.1, 0.15) is 0 Å². The second-order valence-corrected chi connectivity index (χ2v) is 19.2. The molecule has 62 valence electrons. The monoisotopic (exact) mass is 214 g/mol. The van der Waals surface area contributed by atoms with Gasteiger partial charge in [0.25, 0.3) is 14.9 Å². The van der Waals surface area contributed by atoms with Gasteiger partial charge in [-0.3, -0.25) is 0 Å². The van der Waals surface area contributed by atoms with Gasteiger partial charge in [-0.25, -0.2) is 0 Å². The van der Waals surface area contributed by atoms with Crippen LogP contribution in [0.2, 0.25) is 26.2 Å². The minimum absolute atomic E-state index is 1.46. The van der Waals surface area contributed by atoms with Crippen LogP contribution < -0.4 is 0 Å². The van der Waals surface area contributed by atoms with Crippen molar-refractivity contribution in [2.75, 3.05) is 0 Å². The first-order valence-electron chi connectivity index (χ1n) is 3.02. The van der Waals surface area contributed by atoms with Gasteiger partial charge >= 0.3 is 0 Å². The van der Waals surface area contributed by atoms with Crippen LogP contribution in [0.1, 0.15) is 0 Å². The Balaban J connectivity index is 3.56. The van der Waals surface area contributed by atoms with Crippen LogP contribution in [0.25, 0.3) is 0 Å². The highest BCUT2D eigenvalue weighted by Gasteiger charge is 2.25. The average Bonchev–Trinajstić information content (AvgIpc) is 1.57. The molecule has 0 rings (SSSR count). The summed E-state index contributed by atoms with van der Waals surface area (Å²) in [5.74, 6) is 0. The summed E-state index contributed by atoms with van der Waals surface area (Å²) in [5, 5.41) is 0. The standard InChI is InChI=1S/C4H14O2S2Si2/c1-9(2,5)7-8-10(3,4)6/h5-6H,1-4H3. The van der Waals surface area contributed by atoms with Gasteiger partial charge in [0.15, 0.2) is 0 Å². The molecule has 0 aliphatic carbocycles. The molecule has 0 heterocycles. The van der Waals surface area contributed by atoms with E-state index in [2.05, 4.69) is 0 Å². The summed E-state index contributed by atoms with van der Waals surface area (Å²) in [6.45, 7) is 7.41. The molecule has 0 radical (unpaired) electrons. The fraction of sp³-hybridized carbons (Fsp3) is 1.00. The quantitative estimate of drug-likeness (QED) is 0.555. The largest absolute Gasteiger partial charge is 0.423 e. The molecule has 0 fully saturated rings. The van der Waals surface area contributed by atoms with Crippen molar-refractivity contribution in [3.63, 3.8) is 0 Å². The molecule has 0 spiro atoms. The van der Waals surface area contributed by atoms with Gasteiger partial charge in [-0.2, -0.15) is 0 Å². The predicted molar refractivity (Wildman–Crippen MR) is 54.6 cm³/mol. The summed E-state index contributed by atoms with van der Waals surface area (Å²) < 4.78 is 0. The van der Waals surface area contributed by atoms with Gasteiger partial charge < -0.3 is 9.59 Å². The Labute approximate surface area is 71.4 Å². The zero-order chi connectivity index (χ0) is 8.41. The third-order valence-electron chi connectivity index (χ3n) is 0.450. The highest BCUT2D eigenvalue weighted by atomic mass is 33.3. The van der Waals surface area contributed by atoms with Gasteiger partial charge in [0.05, 0.1) is 0 Å². The summed E-state index contributed by atoms with van der Waals surface area (Å²) >= 11 is 0. The van der Waals surface area contributed by atoms with Crippen molar-refractivity contribution in [1.82, 2.24) is 0 Å². The Kier molecular flexibility index (Phi) is 4.02. The molecule has 0 amide bonds. The molecule has 0 saturated carbocycles. The fourth-order valence-corrected chi connectivity index (χ4v) is 16.5. The van der Waals surface area contributed by atoms with E-state index in [0.29, 0.717) is 0 Å². The topological polar surface area (TPSA) is 40.5 Å². The minimum Gasteiger partial charge on any atom is -0.423 e. The first kappa shape index (κ1) is 11.1. The Bertz CT molecular complexity index is 92.8. The van der Waals surface area contributed by atoms with Crippen LogP contribution in [0.4, 0.5) is 0 Å². The van der Waals surface area contributed by atoms with E-state index in [1.165, 1.54) is 20.5 Å². The normalized spacial score (nSPS) is 13.8. The van der Waals surface area contributed by atoms with Crippen LogP contribution in [0.5, 0.6) is 0 Å². The Hall–Kier alpha value is 1.05. The third-order valence-corrected chi connectivity index (χ3v) is 14.4. The second-order valence-electron chi connectivity index (χ2n) is 3.06. The molecule has 0 aliphatic rings. The van der Waals surface area contributed by atoms with Crippen molar-refractivity contribution in [3.8, 4) is 0 Å². The summed E-state index contributed by atoms with van der Waals surface area (Å²) in [6.07, 6.45) is 0. The van der Waals surface area contributed by atoms with Crippen LogP contribution in [-0.4, -0.2) is 24.5 Å². The van der Waals surface area contributed by atoms with Gasteiger partial charge in [-0.15, -0.1) is 0 Å². The summed E-state index contributed by atoms with van der Waals surface area (Å²) in [4.78, 5) is 18.7. The first-order chi connectivity index (χ1) is 4.21. The van der Waals surface area contributed by atoms with Crippen LogP contribution in [0.15, 0.2) is 0 Å². The Morgan fingerprint density at radius 2 is 1.00 bits per heavy atom. The van der Waals surface area contributed by atoms with E-state index < -0.39 is 14.9 Å². The van der Waals surface area contributed by atoms with Gasteiger partial charge in [-0.1, -0.05) is 20.5 Å². The number of rotatable bonds is 3. The highest BCUT2D eigenvalue weighted by molar-refractivity contribution is 8.96. The number of hydrogen-bond donors (Lipinski definition) is 2. The first-order valence-corrected chi connectivity index (χ1v) is 12.5. The molecule has 2 N–H and O–H groups in total. The minimum atomic E-state index is -2.01. The van der Waals surface area contributed by atoms with E-state index in [4.69, 9.17) is 0 Å². The molecule has 0 aromatic carbocycles. The maximum atomic E-state index is 9.37. The molecule has 0 aromatic heterocycles. The molecule has 0 bridgehead atoms.